The third kappa shape index (κ3) is 5.80. The summed E-state index contributed by atoms with van der Waals surface area (Å²) in [5, 5.41) is 0. The van der Waals surface area contributed by atoms with Gasteiger partial charge in [0, 0.05) is 10.7 Å². The molecule has 0 radical (unpaired) electrons. The predicted molar refractivity (Wildman–Crippen MR) is 91.4 cm³/mol. The third-order valence-corrected chi connectivity index (χ3v) is 6.17. The summed E-state index contributed by atoms with van der Waals surface area (Å²) in [6.45, 7) is 0. The number of ether oxygens (including phenoxy) is 1. The van der Waals surface area contributed by atoms with Gasteiger partial charge in [0.05, 0.1) is 5.56 Å². The molecule has 1 aromatic rings. The van der Waals surface area contributed by atoms with Gasteiger partial charge >= 0.3 is 12.1 Å². The summed E-state index contributed by atoms with van der Waals surface area (Å²) in [4.78, 5) is 11.7. The Hall–Kier alpha value is 0.650. The van der Waals surface area contributed by atoms with E-state index in [0.717, 1.165) is 0 Å². The first-order chi connectivity index (χ1) is 8.91. The van der Waals surface area contributed by atoms with Crippen LogP contribution in [0, 0.1) is 10.7 Å². The predicted octanol–water partition coefficient (Wildman–Crippen LogP) is 3.14. The van der Waals surface area contributed by atoms with Gasteiger partial charge in [-0.05, 0) is 79.9 Å². The van der Waals surface area contributed by atoms with Crippen molar-refractivity contribution in [1.82, 2.24) is 0 Å². The minimum absolute atomic E-state index is 0.100. The Morgan fingerprint density at radius 2 is 1.85 bits per heavy atom. The van der Waals surface area contributed by atoms with Gasteiger partial charge in [0.25, 0.3) is 10.1 Å². The van der Waals surface area contributed by atoms with Gasteiger partial charge in [0.1, 0.15) is 0 Å². The Kier molecular flexibility index (Phi) is 6.38. The minimum atomic E-state index is -4.97. The molecule has 0 heterocycles. The van der Waals surface area contributed by atoms with E-state index in [4.69, 9.17) is 4.55 Å². The molecule has 0 saturated carbocycles. The van der Waals surface area contributed by atoms with Crippen molar-refractivity contribution in [2.75, 3.05) is 5.75 Å². The highest BCUT2D eigenvalue weighted by atomic mass is 127. The molecule has 11 heteroatoms. The number of benzene rings is 1. The topological polar surface area (TPSA) is 80.7 Å². The van der Waals surface area contributed by atoms with Crippen LogP contribution in [-0.2, 0) is 14.9 Å². The van der Waals surface area contributed by atoms with Crippen LogP contribution in [-0.4, -0.2) is 30.8 Å². The molecule has 0 aromatic heterocycles. The van der Waals surface area contributed by atoms with E-state index >= 15 is 0 Å². The quantitative estimate of drug-likeness (QED) is 0.236. The Labute approximate surface area is 154 Å². The van der Waals surface area contributed by atoms with Gasteiger partial charge in [0.2, 0.25) is 0 Å². The van der Waals surface area contributed by atoms with Crippen molar-refractivity contribution in [2.45, 2.75) is 6.11 Å². The summed E-state index contributed by atoms with van der Waals surface area (Å²) in [7, 11) is -4.97. The lowest BCUT2D eigenvalue weighted by Crippen LogP contribution is -2.33. The number of alkyl halides is 2. The van der Waals surface area contributed by atoms with Crippen LogP contribution in [0.25, 0.3) is 0 Å². The van der Waals surface area contributed by atoms with E-state index in [0.29, 0.717) is 10.7 Å². The molecule has 1 N–H and O–H groups in total. The molecule has 0 aliphatic carbocycles. The summed E-state index contributed by atoms with van der Waals surface area (Å²) in [5.74, 6) is -3.34. The number of hydrogen-bond donors (Lipinski definition) is 1. The molecule has 0 saturated heterocycles. The van der Waals surface area contributed by atoms with Crippen molar-refractivity contribution >= 4 is 83.9 Å². The van der Waals surface area contributed by atoms with Crippen LogP contribution in [0.1, 0.15) is 10.4 Å². The summed E-state index contributed by atoms with van der Waals surface area (Å²) in [5.41, 5.74) is -0.100. The van der Waals surface area contributed by atoms with Crippen LogP contribution in [0.15, 0.2) is 12.1 Å². The molecule has 0 spiro atoms. The maximum absolute atomic E-state index is 13.2. The lowest BCUT2D eigenvalue weighted by Gasteiger charge is -2.16. The van der Waals surface area contributed by atoms with Gasteiger partial charge in [-0.1, -0.05) is 0 Å². The van der Waals surface area contributed by atoms with Crippen molar-refractivity contribution in [2.24, 2.45) is 0 Å². The zero-order valence-electron chi connectivity index (χ0n) is 9.24. The lowest BCUT2D eigenvalue weighted by atomic mass is 10.2. The molecule has 0 bridgehead atoms. The van der Waals surface area contributed by atoms with Crippen molar-refractivity contribution in [3.05, 3.63) is 28.4 Å². The Morgan fingerprint density at radius 3 is 2.35 bits per heavy atom. The number of carbonyl (C=O) groups is 1. The maximum Gasteiger partial charge on any atom is 0.416 e. The van der Waals surface area contributed by atoms with E-state index in [1.807, 2.05) is 45.2 Å². The summed E-state index contributed by atoms with van der Waals surface area (Å²) in [6.07, 6.45) is -4.31. The van der Waals surface area contributed by atoms with Crippen molar-refractivity contribution in [1.29, 1.82) is 0 Å². The molecule has 0 aliphatic heterocycles. The number of halogens is 5. The van der Waals surface area contributed by atoms with E-state index in [9.17, 15) is 22.0 Å². The Balaban J connectivity index is 3.03. The summed E-state index contributed by atoms with van der Waals surface area (Å²) < 4.78 is 61.2. The van der Waals surface area contributed by atoms with Crippen molar-refractivity contribution in [3.63, 3.8) is 0 Å². The molecule has 0 fully saturated rings. The van der Waals surface area contributed by atoms with Gasteiger partial charge in [-0.3, -0.25) is 4.55 Å². The average Bonchev–Trinajstić information content (AvgIpc) is 2.18. The second-order valence-electron chi connectivity index (χ2n) is 3.50. The highest BCUT2D eigenvalue weighted by Gasteiger charge is 2.40. The fourth-order valence-corrected chi connectivity index (χ4v) is 4.00. The number of hydrogen-bond acceptors (Lipinski definition) is 4. The smallest absolute Gasteiger partial charge is 0.396 e. The number of rotatable bonds is 4. The van der Waals surface area contributed by atoms with Crippen LogP contribution in [0.3, 0.4) is 0 Å². The van der Waals surface area contributed by atoms with Crippen LogP contribution >= 0.6 is 67.8 Å². The fourth-order valence-electron chi connectivity index (χ4n) is 1.14. The largest absolute Gasteiger partial charge is 0.416 e. The summed E-state index contributed by atoms with van der Waals surface area (Å²) >= 11 is 5.62. The fraction of sp³-hybridized carbons (Fsp3) is 0.222. The van der Waals surface area contributed by atoms with Gasteiger partial charge in [0.15, 0.2) is 5.75 Å². The third-order valence-electron chi connectivity index (χ3n) is 1.81. The maximum atomic E-state index is 13.2. The highest BCUT2D eigenvalue weighted by Crippen LogP contribution is 2.26. The Morgan fingerprint density at radius 1 is 1.30 bits per heavy atom. The van der Waals surface area contributed by atoms with Crippen LogP contribution < -0.4 is 0 Å². The molecule has 0 atom stereocenters. The van der Waals surface area contributed by atoms with E-state index in [-0.39, 0.29) is 5.56 Å². The molecule has 0 amide bonds. The highest BCUT2D eigenvalue weighted by molar-refractivity contribution is 14.1. The van der Waals surface area contributed by atoms with E-state index in [1.54, 1.807) is 28.7 Å². The number of esters is 1. The number of carbonyl (C=O) groups excluding carboxylic acids is 1. The second kappa shape index (κ2) is 6.82. The average molecular weight is 644 g/mol. The van der Waals surface area contributed by atoms with Crippen LogP contribution in [0.4, 0.5) is 8.78 Å². The molecule has 1 rings (SSSR count). The molecule has 0 unspecified atom stereocenters. The normalized spacial score (nSPS) is 12.3. The van der Waals surface area contributed by atoms with Crippen LogP contribution in [0.2, 0.25) is 0 Å². The zero-order valence-corrected chi connectivity index (χ0v) is 16.5. The van der Waals surface area contributed by atoms with Gasteiger partial charge < -0.3 is 4.74 Å². The lowest BCUT2D eigenvalue weighted by molar-refractivity contribution is -0.182. The molecule has 1 aromatic carbocycles. The first-order valence-electron chi connectivity index (χ1n) is 4.62. The molecule has 0 aliphatic rings. The first kappa shape index (κ1) is 18.7. The molecule has 20 heavy (non-hydrogen) atoms. The SMILES string of the molecule is O=C(OC(F)(F)CS(=O)(=O)O)c1cc(I)cc(I)c1I. The molecule has 5 nitrogen and oxygen atoms in total. The zero-order chi connectivity index (χ0) is 15.7. The second-order valence-corrected chi connectivity index (χ2v) is 8.44. The van der Waals surface area contributed by atoms with Crippen LogP contribution in [0.5, 0.6) is 0 Å². The van der Waals surface area contributed by atoms with Gasteiger partial charge in [-0.25, -0.2) is 4.79 Å². The molecular formula is C9H5F2I3O5S. The first-order valence-corrected chi connectivity index (χ1v) is 9.47. The van der Waals surface area contributed by atoms with Crippen molar-refractivity contribution in [3.8, 4) is 0 Å². The standard InChI is InChI=1S/C9H5F2I3O5S/c10-9(11,3-20(16,17)18)19-8(15)5-1-4(12)2-6(13)7(5)14/h1-2H,3H2,(H,16,17,18). The summed E-state index contributed by atoms with van der Waals surface area (Å²) in [6, 6.07) is 3.08. The van der Waals surface area contributed by atoms with Crippen molar-refractivity contribution < 1.29 is 31.3 Å². The van der Waals surface area contributed by atoms with Gasteiger partial charge in [-0.2, -0.15) is 17.2 Å². The Bertz CT molecular complexity index is 647. The van der Waals surface area contributed by atoms with E-state index in [2.05, 4.69) is 4.74 Å². The molecule has 112 valence electrons. The van der Waals surface area contributed by atoms with Gasteiger partial charge in [-0.15, -0.1) is 0 Å². The van der Waals surface area contributed by atoms with E-state index < -0.39 is 27.9 Å². The molecular weight excluding hydrogens is 639 g/mol. The monoisotopic (exact) mass is 644 g/mol. The van der Waals surface area contributed by atoms with E-state index in [1.165, 1.54) is 6.07 Å². The minimum Gasteiger partial charge on any atom is -0.396 e.